The van der Waals surface area contributed by atoms with Crippen molar-refractivity contribution in [3.8, 4) is 0 Å². The Labute approximate surface area is 178 Å². The Balaban J connectivity index is 1.84. The van der Waals surface area contributed by atoms with Crippen molar-refractivity contribution >= 4 is 11.6 Å². The molecule has 5 nitrogen and oxygen atoms in total. The Morgan fingerprint density at radius 1 is 0.967 bits per heavy atom. The van der Waals surface area contributed by atoms with Gasteiger partial charge in [-0.3, -0.25) is 19.2 Å². The third-order valence-electron chi connectivity index (χ3n) is 6.00. The SMILES string of the molecule is CCCN1CN(c2cccc(C)c2C)c2nc(C)c(Cc3ccccc3)c(=O)n2C1. The number of rotatable bonds is 5. The van der Waals surface area contributed by atoms with Crippen molar-refractivity contribution in [2.75, 3.05) is 18.1 Å². The highest BCUT2D eigenvalue weighted by molar-refractivity contribution is 5.64. The van der Waals surface area contributed by atoms with Gasteiger partial charge in [-0.05, 0) is 49.9 Å². The first-order chi connectivity index (χ1) is 14.5. The molecule has 0 atom stereocenters. The summed E-state index contributed by atoms with van der Waals surface area (Å²) >= 11 is 0. The third kappa shape index (κ3) is 3.77. The van der Waals surface area contributed by atoms with Crippen molar-refractivity contribution in [3.05, 3.63) is 86.8 Å². The van der Waals surface area contributed by atoms with Crippen LogP contribution in [-0.2, 0) is 13.1 Å². The van der Waals surface area contributed by atoms with Crippen LogP contribution >= 0.6 is 0 Å². The van der Waals surface area contributed by atoms with Crippen LogP contribution in [0.5, 0.6) is 0 Å². The second-order valence-corrected chi connectivity index (χ2v) is 8.20. The number of anilines is 2. The molecule has 0 fully saturated rings. The van der Waals surface area contributed by atoms with E-state index < -0.39 is 0 Å². The van der Waals surface area contributed by atoms with Gasteiger partial charge in [0.05, 0.1) is 19.0 Å². The number of aryl methyl sites for hydroxylation is 2. The van der Waals surface area contributed by atoms with Crippen LogP contribution in [0.2, 0.25) is 0 Å². The summed E-state index contributed by atoms with van der Waals surface area (Å²) in [5.41, 5.74) is 6.38. The molecule has 5 heteroatoms. The van der Waals surface area contributed by atoms with Crippen molar-refractivity contribution in [2.24, 2.45) is 0 Å². The smallest absolute Gasteiger partial charge is 0.259 e. The molecular weight excluding hydrogens is 372 g/mol. The predicted molar refractivity (Wildman–Crippen MR) is 122 cm³/mol. The average molecular weight is 403 g/mol. The molecule has 1 aliphatic rings. The molecule has 0 unspecified atom stereocenters. The predicted octanol–water partition coefficient (Wildman–Crippen LogP) is 4.54. The zero-order chi connectivity index (χ0) is 21.3. The lowest BCUT2D eigenvalue weighted by Crippen LogP contribution is -2.48. The van der Waals surface area contributed by atoms with E-state index in [0.717, 1.165) is 48.1 Å². The average Bonchev–Trinajstić information content (AvgIpc) is 2.74. The molecule has 0 N–H and O–H groups in total. The Morgan fingerprint density at radius 3 is 2.47 bits per heavy atom. The Hall–Kier alpha value is -2.92. The van der Waals surface area contributed by atoms with Crippen molar-refractivity contribution < 1.29 is 0 Å². The maximum Gasteiger partial charge on any atom is 0.259 e. The van der Waals surface area contributed by atoms with Crippen molar-refractivity contribution in [2.45, 2.75) is 47.2 Å². The summed E-state index contributed by atoms with van der Waals surface area (Å²) in [5.74, 6) is 0.746. The molecule has 156 valence electrons. The number of fused-ring (bicyclic) bond motifs is 1. The van der Waals surface area contributed by atoms with Crippen LogP contribution in [0.15, 0.2) is 53.3 Å². The molecule has 0 spiro atoms. The summed E-state index contributed by atoms with van der Waals surface area (Å²) in [6.07, 6.45) is 1.65. The summed E-state index contributed by atoms with van der Waals surface area (Å²) in [6, 6.07) is 16.5. The Bertz CT molecular complexity index is 1100. The van der Waals surface area contributed by atoms with Gasteiger partial charge in [-0.2, -0.15) is 0 Å². The fourth-order valence-corrected chi connectivity index (χ4v) is 4.20. The zero-order valence-electron chi connectivity index (χ0n) is 18.4. The van der Waals surface area contributed by atoms with Crippen LogP contribution < -0.4 is 10.5 Å². The maximum absolute atomic E-state index is 13.6. The molecule has 2 heterocycles. The van der Waals surface area contributed by atoms with Gasteiger partial charge in [0.1, 0.15) is 0 Å². The molecule has 1 aliphatic heterocycles. The molecule has 2 aromatic carbocycles. The van der Waals surface area contributed by atoms with Crippen LogP contribution in [0.3, 0.4) is 0 Å². The molecule has 3 aromatic rings. The van der Waals surface area contributed by atoms with Crippen LogP contribution in [0.1, 0.15) is 41.3 Å². The van der Waals surface area contributed by atoms with Crippen LogP contribution in [0.25, 0.3) is 0 Å². The Kier molecular flexibility index (Phi) is 5.73. The highest BCUT2D eigenvalue weighted by Crippen LogP contribution is 2.31. The lowest BCUT2D eigenvalue weighted by molar-refractivity contribution is 0.198. The quantitative estimate of drug-likeness (QED) is 0.628. The molecule has 0 saturated carbocycles. The van der Waals surface area contributed by atoms with Gasteiger partial charge in [0, 0.05) is 24.2 Å². The van der Waals surface area contributed by atoms with Crippen LogP contribution in [0.4, 0.5) is 11.6 Å². The standard InChI is InChI=1S/C25H30N4O/c1-5-14-27-16-28(23-13-9-10-18(2)19(23)3)25-26-20(4)22(24(30)29(25)17-27)15-21-11-7-6-8-12-21/h6-13H,5,14-17H2,1-4H3. The lowest BCUT2D eigenvalue weighted by Gasteiger charge is -2.39. The first kappa shape index (κ1) is 20.4. The van der Waals surface area contributed by atoms with Gasteiger partial charge < -0.3 is 0 Å². The van der Waals surface area contributed by atoms with Gasteiger partial charge >= 0.3 is 0 Å². The monoisotopic (exact) mass is 402 g/mol. The minimum absolute atomic E-state index is 0.0671. The highest BCUT2D eigenvalue weighted by Gasteiger charge is 2.28. The van der Waals surface area contributed by atoms with E-state index in [-0.39, 0.29) is 5.56 Å². The number of hydrogen-bond acceptors (Lipinski definition) is 4. The molecule has 0 radical (unpaired) electrons. The third-order valence-corrected chi connectivity index (χ3v) is 6.00. The molecule has 0 aliphatic carbocycles. The van der Waals surface area contributed by atoms with Gasteiger partial charge in [0.2, 0.25) is 5.95 Å². The van der Waals surface area contributed by atoms with Crippen molar-refractivity contribution in [1.82, 2.24) is 14.5 Å². The number of hydrogen-bond donors (Lipinski definition) is 0. The van der Waals surface area contributed by atoms with Gasteiger partial charge in [0.25, 0.3) is 5.56 Å². The molecular formula is C25H30N4O. The van der Waals surface area contributed by atoms with E-state index in [1.54, 1.807) is 0 Å². The van der Waals surface area contributed by atoms with Gasteiger partial charge in [-0.15, -0.1) is 0 Å². The van der Waals surface area contributed by atoms with E-state index in [2.05, 4.69) is 60.9 Å². The topological polar surface area (TPSA) is 41.4 Å². The van der Waals surface area contributed by atoms with Gasteiger partial charge in [0.15, 0.2) is 0 Å². The van der Waals surface area contributed by atoms with E-state index in [0.29, 0.717) is 13.1 Å². The summed E-state index contributed by atoms with van der Waals surface area (Å²) in [5, 5.41) is 0. The summed E-state index contributed by atoms with van der Waals surface area (Å²) in [7, 11) is 0. The second-order valence-electron chi connectivity index (χ2n) is 8.20. The van der Waals surface area contributed by atoms with E-state index in [9.17, 15) is 4.79 Å². The number of benzene rings is 2. The van der Waals surface area contributed by atoms with E-state index >= 15 is 0 Å². The summed E-state index contributed by atoms with van der Waals surface area (Å²) < 4.78 is 1.85. The molecule has 4 rings (SSSR count). The molecule has 1 aromatic heterocycles. The Morgan fingerprint density at radius 2 is 1.73 bits per heavy atom. The fraction of sp³-hybridized carbons (Fsp3) is 0.360. The van der Waals surface area contributed by atoms with Crippen LogP contribution in [-0.4, -0.2) is 27.7 Å². The normalized spacial score (nSPS) is 14.1. The first-order valence-electron chi connectivity index (χ1n) is 10.7. The minimum Gasteiger partial charge on any atom is -0.298 e. The molecule has 0 bridgehead atoms. The van der Waals surface area contributed by atoms with E-state index in [4.69, 9.17) is 4.98 Å². The minimum atomic E-state index is 0.0671. The van der Waals surface area contributed by atoms with E-state index in [1.807, 2.05) is 29.7 Å². The largest absolute Gasteiger partial charge is 0.298 e. The van der Waals surface area contributed by atoms with Crippen LogP contribution in [0, 0.1) is 20.8 Å². The fourth-order valence-electron chi connectivity index (χ4n) is 4.20. The molecule has 0 amide bonds. The van der Waals surface area contributed by atoms with Gasteiger partial charge in [-0.1, -0.05) is 49.4 Å². The second kappa shape index (κ2) is 8.44. The summed E-state index contributed by atoms with van der Waals surface area (Å²) in [6.45, 7) is 10.7. The van der Waals surface area contributed by atoms with Gasteiger partial charge in [-0.25, -0.2) is 4.98 Å². The number of aromatic nitrogens is 2. The molecule has 30 heavy (non-hydrogen) atoms. The van der Waals surface area contributed by atoms with Crippen molar-refractivity contribution in [3.63, 3.8) is 0 Å². The number of nitrogens with zero attached hydrogens (tertiary/aromatic N) is 4. The maximum atomic E-state index is 13.6. The lowest BCUT2D eigenvalue weighted by atomic mass is 10.0. The summed E-state index contributed by atoms with van der Waals surface area (Å²) in [4.78, 5) is 23.1. The zero-order valence-corrected chi connectivity index (χ0v) is 18.4. The first-order valence-corrected chi connectivity index (χ1v) is 10.7. The molecule has 0 saturated heterocycles. The van der Waals surface area contributed by atoms with E-state index in [1.165, 1.54) is 11.1 Å². The van der Waals surface area contributed by atoms with Crippen molar-refractivity contribution in [1.29, 1.82) is 0 Å². The highest BCUT2D eigenvalue weighted by atomic mass is 16.1.